The maximum absolute atomic E-state index is 12.7. The number of rotatable bonds is 2. The van der Waals surface area contributed by atoms with Crippen LogP contribution in [-0.2, 0) is 14.3 Å². The summed E-state index contributed by atoms with van der Waals surface area (Å²) in [6.45, 7) is 8.23. The molecule has 4 nitrogen and oxygen atoms in total. The first-order valence-corrected chi connectivity index (χ1v) is 9.65. The van der Waals surface area contributed by atoms with Crippen molar-refractivity contribution in [2.75, 3.05) is 7.11 Å². The van der Waals surface area contributed by atoms with Gasteiger partial charge in [0, 0.05) is 12.3 Å². The number of methoxy groups -OCH3 is 1. The van der Waals surface area contributed by atoms with Gasteiger partial charge in [-0.3, -0.25) is 9.59 Å². The largest absolute Gasteiger partial charge is 0.469 e. The van der Waals surface area contributed by atoms with Gasteiger partial charge in [-0.05, 0) is 61.5 Å². The van der Waals surface area contributed by atoms with Gasteiger partial charge in [0.2, 0.25) is 0 Å². The SMILES string of the molecule is COC(=O)[C@]1(C)CCC[C@@]2(C)[C@H]1CC[C@@]1(O)C=C(C(C)C)C(=O)C[C@@H]21. The fourth-order valence-electron chi connectivity index (χ4n) is 6.30. The molecule has 0 aliphatic heterocycles. The Morgan fingerprint density at radius 2 is 1.92 bits per heavy atom. The standard InChI is InChI=1S/C21H32O4/c1-13(2)14-12-21(24)10-7-16-19(3,17(21)11-15(14)22)8-6-9-20(16,4)18(23)25-5/h12-13,16-17,24H,6-11H2,1-5H3/t16-,17+,19+,20-,21-/m1/s1. The number of carbonyl (C=O) groups excluding carboxylic acids is 2. The fourth-order valence-corrected chi connectivity index (χ4v) is 6.30. The van der Waals surface area contributed by atoms with Crippen LogP contribution in [0.25, 0.3) is 0 Å². The first-order valence-electron chi connectivity index (χ1n) is 9.65. The average Bonchev–Trinajstić information content (AvgIpc) is 2.54. The van der Waals surface area contributed by atoms with Crippen molar-refractivity contribution in [2.24, 2.45) is 28.6 Å². The molecular formula is C21H32O4. The third-order valence-electron chi connectivity index (χ3n) is 7.60. The molecule has 25 heavy (non-hydrogen) atoms. The van der Waals surface area contributed by atoms with Crippen LogP contribution < -0.4 is 0 Å². The quantitative estimate of drug-likeness (QED) is 0.774. The zero-order valence-corrected chi connectivity index (χ0v) is 16.2. The van der Waals surface area contributed by atoms with Gasteiger partial charge in [-0.15, -0.1) is 0 Å². The lowest BCUT2D eigenvalue weighted by Gasteiger charge is -2.61. The number of ether oxygens (including phenoxy) is 1. The number of hydrogen-bond acceptors (Lipinski definition) is 4. The molecule has 140 valence electrons. The number of aliphatic hydroxyl groups is 1. The number of ketones is 1. The van der Waals surface area contributed by atoms with E-state index in [0.29, 0.717) is 12.8 Å². The molecule has 2 saturated carbocycles. The van der Waals surface area contributed by atoms with E-state index < -0.39 is 11.0 Å². The lowest BCUT2D eigenvalue weighted by Crippen LogP contribution is -2.61. The van der Waals surface area contributed by atoms with Crippen LogP contribution >= 0.6 is 0 Å². The lowest BCUT2D eigenvalue weighted by atomic mass is 9.43. The molecule has 3 aliphatic rings. The van der Waals surface area contributed by atoms with Gasteiger partial charge in [-0.2, -0.15) is 0 Å². The van der Waals surface area contributed by atoms with Crippen molar-refractivity contribution in [3.63, 3.8) is 0 Å². The van der Waals surface area contributed by atoms with Gasteiger partial charge in [0.1, 0.15) is 0 Å². The summed E-state index contributed by atoms with van der Waals surface area (Å²) in [5, 5.41) is 11.5. The fraction of sp³-hybridized carbons (Fsp3) is 0.810. The lowest BCUT2D eigenvalue weighted by molar-refractivity contribution is -0.189. The highest BCUT2D eigenvalue weighted by atomic mass is 16.5. The number of carbonyl (C=O) groups is 2. The van der Waals surface area contributed by atoms with Gasteiger partial charge in [-0.25, -0.2) is 0 Å². The summed E-state index contributed by atoms with van der Waals surface area (Å²) in [5.74, 6) is 0.187. The van der Waals surface area contributed by atoms with Crippen LogP contribution in [0.5, 0.6) is 0 Å². The first-order chi connectivity index (χ1) is 11.6. The Morgan fingerprint density at radius 3 is 2.52 bits per heavy atom. The first kappa shape index (κ1) is 18.6. The van der Waals surface area contributed by atoms with E-state index in [0.717, 1.165) is 31.3 Å². The van der Waals surface area contributed by atoms with E-state index >= 15 is 0 Å². The van der Waals surface area contributed by atoms with E-state index in [-0.39, 0.29) is 34.9 Å². The topological polar surface area (TPSA) is 63.6 Å². The summed E-state index contributed by atoms with van der Waals surface area (Å²) in [6.07, 6.45) is 6.38. The van der Waals surface area contributed by atoms with Crippen LogP contribution in [0.4, 0.5) is 0 Å². The Hall–Kier alpha value is -1.16. The van der Waals surface area contributed by atoms with E-state index in [1.54, 1.807) is 0 Å². The minimum absolute atomic E-state index is 0.113. The van der Waals surface area contributed by atoms with Crippen molar-refractivity contribution < 1.29 is 19.4 Å². The van der Waals surface area contributed by atoms with Gasteiger partial charge in [0.05, 0.1) is 18.1 Å². The summed E-state index contributed by atoms with van der Waals surface area (Å²) in [6, 6.07) is 0. The second kappa shape index (κ2) is 5.94. The Bertz CT molecular complexity index is 621. The molecule has 0 aromatic carbocycles. The van der Waals surface area contributed by atoms with E-state index in [1.807, 2.05) is 26.8 Å². The molecule has 0 heterocycles. The highest BCUT2D eigenvalue weighted by molar-refractivity contribution is 5.97. The number of esters is 1. The summed E-state index contributed by atoms with van der Waals surface area (Å²) >= 11 is 0. The molecule has 4 heteroatoms. The minimum Gasteiger partial charge on any atom is -0.469 e. The average molecular weight is 348 g/mol. The molecule has 0 radical (unpaired) electrons. The highest BCUT2D eigenvalue weighted by Gasteiger charge is 2.63. The second-order valence-electron chi connectivity index (χ2n) is 9.29. The van der Waals surface area contributed by atoms with Crippen molar-refractivity contribution in [1.82, 2.24) is 0 Å². The van der Waals surface area contributed by atoms with E-state index in [4.69, 9.17) is 4.74 Å². The molecule has 0 amide bonds. The summed E-state index contributed by atoms with van der Waals surface area (Å²) in [4.78, 5) is 25.3. The smallest absolute Gasteiger partial charge is 0.311 e. The number of hydrogen-bond donors (Lipinski definition) is 1. The van der Waals surface area contributed by atoms with E-state index in [1.165, 1.54) is 7.11 Å². The predicted molar refractivity (Wildman–Crippen MR) is 95.8 cm³/mol. The molecule has 3 rings (SSSR count). The van der Waals surface area contributed by atoms with Gasteiger partial charge in [0.25, 0.3) is 0 Å². The molecule has 1 N–H and O–H groups in total. The van der Waals surface area contributed by atoms with Crippen molar-refractivity contribution >= 4 is 11.8 Å². The zero-order chi connectivity index (χ0) is 18.6. The normalized spacial score (nSPS) is 44.0. The van der Waals surface area contributed by atoms with Crippen molar-refractivity contribution in [3.05, 3.63) is 11.6 Å². The Labute approximate surface area is 151 Å². The molecule has 0 aromatic rings. The molecule has 2 fully saturated rings. The summed E-state index contributed by atoms with van der Waals surface area (Å²) in [5.41, 5.74) is -0.892. The van der Waals surface area contributed by atoms with Crippen molar-refractivity contribution in [1.29, 1.82) is 0 Å². The minimum atomic E-state index is -0.923. The second-order valence-corrected chi connectivity index (χ2v) is 9.29. The van der Waals surface area contributed by atoms with E-state index in [9.17, 15) is 14.7 Å². The Kier molecular flexibility index (Phi) is 4.42. The number of Topliss-reactive ketones (excluding diaryl/α,β-unsaturated/α-hetero) is 1. The summed E-state index contributed by atoms with van der Waals surface area (Å²) < 4.78 is 5.14. The van der Waals surface area contributed by atoms with Crippen molar-refractivity contribution in [3.8, 4) is 0 Å². The van der Waals surface area contributed by atoms with Crippen molar-refractivity contribution in [2.45, 2.75) is 71.8 Å². The molecule has 0 bridgehead atoms. The molecule has 0 unspecified atom stereocenters. The molecule has 0 saturated heterocycles. The molecule has 0 aromatic heterocycles. The monoisotopic (exact) mass is 348 g/mol. The maximum atomic E-state index is 12.7. The van der Waals surface area contributed by atoms with Crippen LogP contribution in [0, 0.1) is 28.6 Å². The van der Waals surface area contributed by atoms with Crippen LogP contribution in [0.2, 0.25) is 0 Å². The maximum Gasteiger partial charge on any atom is 0.311 e. The highest BCUT2D eigenvalue weighted by Crippen LogP contribution is 2.64. The predicted octanol–water partition coefficient (Wildman–Crippen LogP) is 3.67. The molecular weight excluding hydrogens is 316 g/mol. The van der Waals surface area contributed by atoms with Crippen LogP contribution in [0.15, 0.2) is 11.6 Å². The zero-order valence-electron chi connectivity index (χ0n) is 16.2. The van der Waals surface area contributed by atoms with E-state index in [2.05, 4.69) is 6.92 Å². The number of fused-ring (bicyclic) bond motifs is 3. The van der Waals surface area contributed by atoms with Gasteiger partial charge < -0.3 is 9.84 Å². The van der Waals surface area contributed by atoms with Gasteiger partial charge in [-0.1, -0.05) is 27.2 Å². The Morgan fingerprint density at radius 1 is 1.24 bits per heavy atom. The van der Waals surface area contributed by atoms with Crippen LogP contribution in [0.3, 0.4) is 0 Å². The molecule has 3 aliphatic carbocycles. The van der Waals surface area contributed by atoms with Crippen LogP contribution in [-0.4, -0.2) is 29.6 Å². The summed E-state index contributed by atoms with van der Waals surface area (Å²) in [7, 11) is 1.46. The third-order valence-corrected chi connectivity index (χ3v) is 7.60. The van der Waals surface area contributed by atoms with Gasteiger partial charge >= 0.3 is 5.97 Å². The Balaban J connectivity index is 2.04. The van der Waals surface area contributed by atoms with Crippen LogP contribution in [0.1, 0.15) is 66.2 Å². The molecule has 5 atom stereocenters. The third kappa shape index (κ3) is 2.59. The number of allylic oxidation sites excluding steroid dienone is 1. The molecule has 0 spiro atoms. The van der Waals surface area contributed by atoms with Gasteiger partial charge in [0.15, 0.2) is 5.78 Å².